The molecular formula is C11H21N3O3. The van der Waals surface area contributed by atoms with E-state index in [1.807, 2.05) is 7.05 Å². The molecule has 2 amide bonds. The lowest BCUT2D eigenvalue weighted by Gasteiger charge is -2.20. The Balaban J connectivity index is 2.15. The molecule has 98 valence electrons. The fourth-order valence-corrected chi connectivity index (χ4v) is 1.84. The number of carbonyl (C=O) groups excluding carboxylic acids is 1. The molecule has 0 aliphatic carbocycles. The van der Waals surface area contributed by atoms with Gasteiger partial charge in [0.05, 0.1) is 5.92 Å². The van der Waals surface area contributed by atoms with Gasteiger partial charge in [0.15, 0.2) is 0 Å². The van der Waals surface area contributed by atoms with E-state index in [1.54, 1.807) is 6.92 Å². The second-order valence-corrected chi connectivity index (χ2v) is 4.61. The first-order valence-corrected chi connectivity index (χ1v) is 5.95. The number of urea groups is 1. The van der Waals surface area contributed by atoms with Gasteiger partial charge in [-0.05, 0) is 26.4 Å². The predicted molar refractivity (Wildman–Crippen MR) is 63.9 cm³/mol. The lowest BCUT2D eigenvalue weighted by Crippen LogP contribution is -2.44. The van der Waals surface area contributed by atoms with Gasteiger partial charge in [-0.1, -0.05) is 6.92 Å². The highest BCUT2D eigenvalue weighted by Crippen LogP contribution is 2.13. The summed E-state index contributed by atoms with van der Waals surface area (Å²) in [6.45, 7) is 3.41. The maximum atomic E-state index is 11.4. The molecule has 0 bridgehead atoms. The lowest BCUT2D eigenvalue weighted by molar-refractivity contribution is -0.140. The van der Waals surface area contributed by atoms with Gasteiger partial charge in [-0.3, -0.25) is 4.79 Å². The SMILES string of the molecule is CC(CNC(=O)NCC1CCCN1C)C(=O)O. The minimum Gasteiger partial charge on any atom is -0.481 e. The number of hydrogen-bond acceptors (Lipinski definition) is 3. The molecule has 0 radical (unpaired) electrons. The van der Waals surface area contributed by atoms with Crippen LogP contribution in [0.25, 0.3) is 0 Å². The van der Waals surface area contributed by atoms with Crippen molar-refractivity contribution in [2.75, 3.05) is 26.7 Å². The zero-order valence-corrected chi connectivity index (χ0v) is 10.4. The summed E-state index contributed by atoms with van der Waals surface area (Å²) in [5.74, 6) is -1.46. The van der Waals surface area contributed by atoms with E-state index in [0.29, 0.717) is 12.6 Å². The smallest absolute Gasteiger partial charge is 0.314 e. The van der Waals surface area contributed by atoms with Crippen LogP contribution in [0, 0.1) is 5.92 Å². The second kappa shape index (κ2) is 6.44. The number of likely N-dealkylation sites (N-methyl/N-ethyl adjacent to an activating group) is 1. The second-order valence-electron chi connectivity index (χ2n) is 4.61. The topological polar surface area (TPSA) is 81.7 Å². The summed E-state index contributed by atoms with van der Waals surface area (Å²) >= 11 is 0. The van der Waals surface area contributed by atoms with Crippen molar-refractivity contribution in [2.24, 2.45) is 5.92 Å². The fourth-order valence-electron chi connectivity index (χ4n) is 1.84. The van der Waals surface area contributed by atoms with Crippen LogP contribution in [-0.4, -0.2) is 54.7 Å². The number of aliphatic carboxylic acids is 1. The van der Waals surface area contributed by atoms with Crippen molar-refractivity contribution >= 4 is 12.0 Å². The van der Waals surface area contributed by atoms with Crippen molar-refractivity contribution in [3.63, 3.8) is 0 Å². The Morgan fingerprint density at radius 2 is 2.18 bits per heavy atom. The third kappa shape index (κ3) is 4.60. The van der Waals surface area contributed by atoms with E-state index < -0.39 is 11.9 Å². The zero-order valence-electron chi connectivity index (χ0n) is 10.4. The molecule has 0 saturated carbocycles. The first-order valence-electron chi connectivity index (χ1n) is 5.95. The van der Waals surface area contributed by atoms with Crippen molar-refractivity contribution in [3.05, 3.63) is 0 Å². The molecule has 1 heterocycles. The Morgan fingerprint density at radius 1 is 1.47 bits per heavy atom. The highest BCUT2D eigenvalue weighted by atomic mass is 16.4. The molecule has 0 aromatic heterocycles. The zero-order chi connectivity index (χ0) is 12.8. The van der Waals surface area contributed by atoms with Crippen molar-refractivity contribution in [2.45, 2.75) is 25.8 Å². The number of nitrogens with zero attached hydrogens (tertiary/aromatic N) is 1. The summed E-state index contributed by atoms with van der Waals surface area (Å²) < 4.78 is 0. The Morgan fingerprint density at radius 3 is 2.71 bits per heavy atom. The van der Waals surface area contributed by atoms with Crippen molar-refractivity contribution < 1.29 is 14.7 Å². The highest BCUT2D eigenvalue weighted by Gasteiger charge is 2.21. The third-order valence-corrected chi connectivity index (χ3v) is 3.16. The van der Waals surface area contributed by atoms with Crippen molar-refractivity contribution in [1.29, 1.82) is 0 Å². The van der Waals surface area contributed by atoms with E-state index in [1.165, 1.54) is 6.42 Å². The third-order valence-electron chi connectivity index (χ3n) is 3.16. The van der Waals surface area contributed by atoms with Crippen LogP contribution in [0.5, 0.6) is 0 Å². The van der Waals surface area contributed by atoms with Gasteiger partial charge in [0, 0.05) is 19.1 Å². The quantitative estimate of drug-likeness (QED) is 0.639. The summed E-state index contributed by atoms with van der Waals surface area (Å²) in [4.78, 5) is 24.2. The molecule has 1 aliphatic heterocycles. The number of carboxylic acid groups (broad SMARTS) is 1. The van der Waals surface area contributed by atoms with Crippen molar-refractivity contribution in [3.8, 4) is 0 Å². The van der Waals surface area contributed by atoms with E-state index in [-0.39, 0.29) is 12.6 Å². The molecule has 1 rings (SSSR count). The molecular weight excluding hydrogens is 222 g/mol. The average molecular weight is 243 g/mol. The lowest BCUT2D eigenvalue weighted by atomic mass is 10.2. The largest absolute Gasteiger partial charge is 0.481 e. The molecule has 1 saturated heterocycles. The minimum absolute atomic E-state index is 0.154. The first kappa shape index (κ1) is 13.8. The maximum absolute atomic E-state index is 11.4. The van der Waals surface area contributed by atoms with E-state index >= 15 is 0 Å². The molecule has 2 atom stereocenters. The van der Waals surface area contributed by atoms with E-state index in [4.69, 9.17) is 5.11 Å². The van der Waals surface area contributed by atoms with Crippen LogP contribution >= 0.6 is 0 Å². The van der Waals surface area contributed by atoms with E-state index in [9.17, 15) is 9.59 Å². The van der Waals surface area contributed by atoms with Crippen LogP contribution in [0.4, 0.5) is 4.79 Å². The number of amides is 2. The molecule has 1 fully saturated rings. The Bertz CT molecular complexity index is 283. The molecule has 1 aliphatic rings. The van der Waals surface area contributed by atoms with Gasteiger partial charge in [0.25, 0.3) is 0 Å². The Labute approximate surface area is 101 Å². The number of nitrogens with one attached hydrogen (secondary N) is 2. The summed E-state index contributed by atoms with van der Waals surface area (Å²) in [5, 5.41) is 14.0. The van der Waals surface area contributed by atoms with Crippen LogP contribution < -0.4 is 10.6 Å². The van der Waals surface area contributed by atoms with Crippen LogP contribution in [0.2, 0.25) is 0 Å². The highest BCUT2D eigenvalue weighted by molar-refractivity contribution is 5.75. The molecule has 3 N–H and O–H groups in total. The standard InChI is InChI=1S/C11H21N3O3/c1-8(10(15)16)6-12-11(17)13-7-9-4-3-5-14(9)2/h8-9H,3-7H2,1-2H3,(H,15,16)(H2,12,13,17). The van der Waals surface area contributed by atoms with Crippen LogP contribution in [0.1, 0.15) is 19.8 Å². The van der Waals surface area contributed by atoms with Gasteiger partial charge in [-0.15, -0.1) is 0 Å². The van der Waals surface area contributed by atoms with Crippen LogP contribution in [0.3, 0.4) is 0 Å². The van der Waals surface area contributed by atoms with E-state index in [0.717, 1.165) is 13.0 Å². The van der Waals surface area contributed by atoms with E-state index in [2.05, 4.69) is 15.5 Å². The predicted octanol–water partition coefficient (Wildman–Crippen LogP) is 0.101. The van der Waals surface area contributed by atoms with Gasteiger partial charge in [0.2, 0.25) is 0 Å². The molecule has 17 heavy (non-hydrogen) atoms. The minimum atomic E-state index is -0.902. The van der Waals surface area contributed by atoms with Crippen molar-refractivity contribution in [1.82, 2.24) is 15.5 Å². The number of rotatable bonds is 5. The molecule has 0 spiro atoms. The van der Waals surface area contributed by atoms with Gasteiger partial charge in [-0.2, -0.15) is 0 Å². The monoisotopic (exact) mass is 243 g/mol. The van der Waals surface area contributed by atoms with Crippen LogP contribution in [-0.2, 0) is 4.79 Å². The molecule has 2 unspecified atom stereocenters. The molecule has 6 heteroatoms. The maximum Gasteiger partial charge on any atom is 0.314 e. The normalized spacial score (nSPS) is 22.1. The Hall–Kier alpha value is -1.30. The molecule has 6 nitrogen and oxygen atoms in total. The number of hydrogen-bond donors (Lipinski definition) is 3. The van der Waals surface area contributed by atoms with Gasteiger partial charge in [0.1, 0.15) is 0 Å². The summed E-state index contributed by atoms with van der Waals surface area (Å²) in [6.07, 6.45) is 2.27. The summed E-state index contributed by atoms with van der Waals surface area (Å²) in [5.41, 5.74) is 0. The Kier molecular flexibility index (Phi) is 5.21. The summed E-state index contributed by atoms with van der Waals surface area (Å²) in [7, 11) is 2.05. The van der Waals surface area contributed by atoms with Gasteiger partial charge < -0.3 is 20.6 Å². The first-order chi connectivity index (χ1) is 8.00. The average Bonchev–Trinajstić information content (AvgIpc) is 2.68. The number of carbonyl (C=O) groups is 2. The van der Waals surface area contributed by atoms with Gasteiger partial charge >= 0.3 is 12.0 Å². The summed E-state index contributed by atoms with van der Waals surface area (Å²) in [6, 6.07) is 0.107. The van der Waals surface area contributed by atoms with Gasteiger partial charge in [-0.25, -0.2) is 4.79 Å². The number of likely N-dealkylation sites (tertiary alicyclic amines) is 1. The molecule has 0 aromatic rings. The number of carboxylic acids is 1. The van der Waals surface area contributed by atoms with Crippen LogP contribution in [0.15, 0.2) is 0 Å². The molecule has 0 aromatic carbocycles. The fraction of sp³-hybridized carbons (Fsp3) is 0.818.